The fourth-order valence-electron chi connectivity index (χ4n) is 9.44. The Hall–Kier alpha value is -4.19. The van der Waals surface area contributed by atoms with Gasteiger partial charge in [-0.05, 0) is 109 Å². The highest BCUT2D eigenvalue weighted by Crippen LogP contribution is 2.17. The first-order chi connectivity index (χ1) is 40.0. The third kappa shape index (κ3) is 66.5. The number of rotatable bonds is 61. The quantitative estimate of drug-likeness (QED) is 0.0261. The Kier molecular flexibility index (Phi) is 64.8. The molecule has 0 fully saturated rings. The lowest BCUT2D eigenvalue weighted by molar-refractivity contribution is -0.167. The van der Waals surface area contributed by atoms with E-state index >= 15 is 0 Å². The fraction of sp³-hybridized carbons (Fsp3) is 0.693. The van der Waals surface area contributed by atoms with E-state index in [1.54, 1.807) is 0 Å². The number of hydrogen-bond donors (Lipinski definition) is 0. The average molecular weight is 1120 g/mol. The lowest BCUT2D eigenvalue weighted by atomic mass is 10.0. The average Bonchev–Trinajstić information content (AvgIpc) is 3.47. The van der Waals surface area contributed by atoms with E-state index in [1.165, 1.54) is 135 Å². The molecule has 0 saturated heterocycles. The van der Waals surface area contributed by atoms with Gasteiger partial charge in [0.15, 0.2) is 6.10 Å². The summed E-state index contributed by atoms with van der Waals surface area (Å²) in [5, 5.41) is 0. The lowest BCUT2D eigenvalue weighted by Crippen LogP contribution is -2.30. The highest BCUT2D eigenvalue weighted by Gasteiger charge is 2.19. The van der Waals surface area contributed by atoms with Crippen LogP contribution in [0.5, 0.6) is 0 Å². The Balaban J connectivity index is 4.37. The van der Waals surface area contributed by atoms with Gasteiger partial charge < -0.3 is 14.2 Å². The third-order valence-electron chi connectivity index (χ3n) is 14.5. The molecule has 1 atom stereocenters. The maximum absolute atomic E-state index is 12.9. The van der Waals surface area contributed by atoms with Gasteiger partial charge in [0, 0.05) is 19.3 Å². The zero-order chi connectivity index (χ0) is 58.5. The van der Waals surface area contributed by atoms with Crippen molar-refractivity contribution in [2.45, 2.75) is 322 Å². The van der Waals surface area contributed by atoms with Crippen molar-refractivity contribution >= 4 is 17.9 Å². The Morgan fingerprint density at radius 2 is 0.481 bits per heavy atom. The number of allylic oxidation sites excluding steroid dienone is 20. The fourth-order valence-corrected chi connectivity index (χ4v) is 9.44. The predicted octanol–water partition coefficient (Wildman–Crippen LogP) is 23.6. The van der Waals surface area contributed by atoms with Gasteiger partial charge in [0.2, 0.25) is 0 Å². The SMILES string of the molecule is CC/C=C\C/C=C\C/C=C\C/C=C\C/C=C\CCCCCCCCCCCCCC(=O)OCC(COC(=O)CCCCCCCCCCCCCCCCC)OC(=O)CCCCCCC/C=C\C/C=C\C/C=C\C/C=C\C/C=C\CC. The second-order valence-electron chi connectivity index (χ2n) is 22.3. The van der Waals surface area contributed by atoms with Crippen LogP contribution in [0.3, 0.4) is 0 Å². The van der Waals surface area contributed by atoms with E-state index in [-0.39, 0.29) is 31.1 Å². The number of carbonyl (C=O) groups excluding carboxylic acids is 3. The van der Waals surface area contributed by atoms with Crippen molar-refractivity contribution in [1.82, 2.24) is 0 Å². The smallest absolute Gasteiger partial charge is 0.306 e. The largest absolute Gasteiger partial charge is 0.462 e. The van der Waals surface area contributed by atoms with Gasteiger partial charge in [-0.2, -0.15) is 0 Å². The molecular weight excluding hydrogens is 997 g/mol. The lowest BCUT2D eigenvalue weighted by Gasteiger charge is -2.18. The summed E-state index contributed by atoms with van der Waals surface area (Å²) >= 11 is 0. The molecule has 0 aliphatic carbocycles. The topological polar surface area (TPSA) is 78.9 Å². The molecular formula is C75H126O6. The van der Waals surface area contributed by atoms with Gasteiger partial charge in [0.1, 0.15) is 13.2 Å². The molecule has 81 heavy (non-hydrogen) atoms. The molecule has 0 spiro atoms. The maximum atomic E-state index is 12.9. The van der Waals surface area contributed by atoms with Crippen molar-refractivity contribution in [2.75, 3.05) is 13.2 Å². The summed E-state index contributed by atoms with van der Waals surface area (Å²) in [6.45, 7) is 6.43. The van der Waals surface area contributed by atoms with E-state index in [2.05, 4.69) is 142 Å². The summed E-state index contributed by atoms with van der Waals surface area (Å²) < 4.78 is 17.0. The van der Waals surface area contributed by atoms with Crippen molar-refractivity contribution < 1.29 is 28.6 Å². The summed E-state index contributed by atoms with van der Waals surface area (Å²) in [7, 11) is 0. The standard InChI is InChI=1S/C75H126O6/c1-4-7-10-13-16-19-22-25-28-30-32-34-35-36-37-38-39-41-42-44-47-50-53-56-59-62-65-68-74(77)80-71-72(70-79-73(76)67-64-61-58-55-52-49-46-27-24-21-18-15-12-9-6-3)81-75(78)69-66-63-60-57-54-51-48-45-43-40-33-31-29-26-23-20-17-14-11-8-5-2/h7-8,10-11,16-17,19-20,25-26,28-29,32-34,36-37,40,45,48,72H,4-6,9,12-15,18,21-24,27,30-31,35,38-39,41-44,46-47,49-71H2,1-3H3/b10-7-,11-8-,19-16-,20-17-,28-25-,29-26-,34-32-,37-36-,40-33-,48-45-. The van der Waals surface area contributed by atoms with Crippen LogP contribution in [0.4, 0.5) is 0 Å². The van der Waals surface area contributed by atoms with Crippen LogP contribution in [0.15, 0.2) is 122 Å². The molecule has 0 heterocycles. The van der Waals surface area contributed by atoms with Crippen molar-refractivity contribution in [3.8, 4) is 0 Å². The van der Waals surface area contributed by atoms with Crippen LogP contribution >= 0.6 is 0 Å². The number of hydrogen-bond acceptors (Lipinski definition) is 6. The Morgan fingerprint density at radius 1 is 0.259 bits per heavy atom. The second kappa shape index (κ2) is 68.3. The van der Waals surface area contributed by atoms with Crippen molar-refractivity contribution in [2.24, 2.45) is 0 Å². The second-order valence-corrected chi connectivity index (χ2v) is 22.3. The Morgan fingerprint density at radius 3 is 0.753 bits per heavy atom. The van der Waals surface area contributed by atoms with E-state index in [0.29, 0.717) is 19.3 Å². The third-order valence-corrected chi connectivity index (χ3v) is 14.5. The number of carbonyl (C=O) groups is 3. The monoisotopic (exact) mass is 1120 g/mol. The van der Waals surface area contributed by atoms with Gasteiger partial charge in [0.05, 0.1) is 0 Å². The van der Waals surface area contributed by atoms with Gasteiger partial charge in [-0.1, -0.05) is 309 Å². The molecule has 0 aromatic carbocycles. The van der Waals surface area contributed by atoms with Crippen LogP contribution in [0.1, 0.15) is 316 Å². The van der Waals surface area contributed by atoms with Crippen LogP contribution in [0, 0.1) is 0 Å². The minimum absolute atomic E-state index is 0.0858. The highest BCUT2D eigenvalue weighted by atomic mass is 16.6. The van der Waals surface area contributed by atoms with Gasteiger partial charge in [-0.25, -0.2) is 0 Å². The molecule has 0 bridgehead atoms. The van der Waals surface area contributed by atoms with Crippen LogP contribution in [-0.2, 0) is 28.6 Å². The molecule has 0 aromatic heterocycles. The molecule has 1 unspecified atom stereocenters. The van der Waals surface area contributed by atoms with Gasteiger partial charge in [0.25, 0.3) is 0 Å². The molecule has 0 N–H and O–H groups in total. The number of esters is 3. The summed E-state index contributed by atoms with van der Waals surface area (Å²) in [5.41, 5.74) is 0. The minimum atomic E-state index is -0.793. The van der Waals surface area contributed by atoms with E-state index in [9.17, 15) is 14.4 Å². The first-order valence-electron chi connectivity index (χ1n) is 34.0. The molecule has 0 aliphatic heterocycles. The number of unbranched alkanes of at least 4 members (excludes halogenated alkanes) is 30. The van der Waals surface area contributed by atoms with Crippen LogP contribution < -0.4 is 0 Å². The zero-order valence-electron chi connectivity index (χ0n) is 53.0. The van der Waals surface area contributed by atoms with Crippen molar-refractivity contribution in [3.63, 3.8) is 0 Å². The maximum Gasteiger partial charge on any atom is 0.306 e. The molecule has 0 radical (unpaired) electrons. The summed E-state index contributed by atoms with van der Waals surface area (Å²) in [6, 6.07) is 0. The van der Waals surface area contributed by atoms with Crippen molar-refractivity contribution in [1.29, 1.82) is 0 Å². The van der Waals surface area contributed by atoms with E-state index < -0.39 is 6.10 Å². The van der Waals surface area contributed by atoms with Gasteiger partial charge in [-0.3, -0.25) is 14.4 Å². The minimum Gasteiger partial charge on any atom is -0.462 e. The Labute approximate surface area is 501 Å². The first kappa shape index (κ1) is 76.8. The van der Waals surface area contributed by atoms with Gasteiger partial charge in [-0.15, -0.1) is 0 Å². The van der Waals surface area contributed by atoms with Crippen molar-refractivity contribution in [3.05, 3.63) is 122 Å². The van der Waals surface area contributed by atoms with Crippen LogP contribution in [-0.4, -0.2) is 37.2 Å². The normalized spacial score (nSPS) is 12.9. The molecule has 0 amide bonds. The van der Waals surface area contributed by atoms with E-state index in [4.69, 9.17) is 14.2 Å². The highest BCUT2D eigenvalue weighted by molar-refractivity contribution is 5.71. The summed E-state index contributed by atoms with van der Waals surface area (Å²) in [5.74, 6) is -0.897. The van der Waals surface area contributed by atoms with Gasteiger partial charge >= 0.3 is 17.9 Å². The van der Waals surface area contributed by atoms with E-state index in [0.717, 1.165) is 141 Å². The predicted molar refractivity (Wildman–Crippen MR) is 353 cm³/mol. The summed E-state index contributed by atoms with van der Waals surface area (Å²) in [6.07, 6.45) is 94.9. The Bertz CT molecular complexity index is 1670. The van der Waals surface area contributed by atoms with E-state index in [1.807, 2.05) is 0 Å². The molecule has 462 valence electrons. The van der Waals surface area contributed by atoms with Crippen LogP contribution in [0.2, 0.25) is 0 Å². The molecule has 0 rings (SSSR count). The molecule has 0 aromatic rings. The summed E-state index contributed by atoms with van der Waals surface area (Å²) in [4.78, 5) is 38.4. The molecule has 0 aliphatic rings. The zero-order valence-corrected chi connectivity index (χ0v) is 53.0. The first-order valence-corrected chi connectivity index (χ1v) is 34.0. The van der Waals surface area contributed by atoms with Crippen LogP contribution in [0.25, 0.3) is 0 Å². The number of ether oxygens (including phenoxy) is 3. The molecule has 0 saturated carbocycles. The molecule has 6 nitrogen and oxygen atoms in total. The molecule has 6 heteroatoms.